The van der Waals surface area contributed by atoms with Gasteiger partial charge in [-0.25, -0.2) is 8.42 Å². The molecule has 1 aliphatic rings. The molecule has 0 aliphatic carbocycles. The normalized spacial score (nSPS) is 19.4. The Morgan fingerprint density at radius 1 is 1.38 bits per heavy atom. The summed E-state index contributed by atoms with van der Waals surface area (Å²) in [4.78, 5) is 13.3. The van der Waals surface area contributed by atoms with Crippen molar-refractivity contribution >= 4 is 15.8 Å². The van der Waals surface area contributed by atoms with Crippen molar-refractivity contribution in [2.75, 3.05) is 39.1 Å². The summed E-state index contributed by atoms with van der Waals surface area (Å²) >= 11 is 0. The lowest BCUT2D eigenvalue weighted by molar-refractivity contribution is -0.141. The van der Waals surface area contributed by atoms with Crippen molar-refractivity contribution in [3.63, 3.8) is 0 Å². The molecule has 0 aromatic heterocycles. The summed E-state index contributed by atoms with van der Waals surface area (Å²) in [7, 11) is -1.71. The highest BCUT2D eigenvalue weighted by molar-refractivity contribution is 7.92. The Bertz CT molecular complexity index is 415. The van der Waals surface area contributed by atoms with E-state index in [4.69, 9.17) is 4.74 Å². The maximum Gasteiger partial charge on any atom is 0.306 e. The lowest BCUT2D eigenvalue weighted by Crippen LogP contribution is -2.38. The lowest BCUT2D eigenvalue weighted by atomic mass is 10.2. The zero-order chi connectivity index (χ0) is 15.9. The van der Waals surface area contributed by atoms with Gasteiger partial charge in [-0.05, 0) is 26.7 Å². The highest BCUT2D eigenvalue weighted by atomic mass is 32.2. The third-order valence-corrected chi connectivity index (χ3v) is 5.94. The zero-order valence-corrected chi connectivity index (χ0v) is 14.0. The fraction of sp³-hybridized carbons (Fsp3) is 0.929. The van der Waals surface area contributed by atoms with Gasteiger partial charge in [-0.3, -0.25) is 9.69 Å². The van der Waals surface area contributed by atoms with Crippen LogP contribution >= 0.6 is 0 Å². The van der Waals surface area contributed by atoms with Gasteiger partial charge in [0.05, 0.1) is 30.6 Å². The second kappa shape index (κ2) is 8.70. The van der Waals surface area contributed by atoms with Gasteiger partial charge < -0.3 is 9.47 Å². The first-order valence-electron chi connectivity index (χ1n) is 7.47. The molecule has 0 aromatic carbocycles. The van der Waals surface area contributed by atoms with Crippen molar-refractivity contribution in [1.82, 2.24) is 4.90 Å². The summed E-state index contributed by atoms with van der Waals surface area (Å²) in [5.41, 5.74) is 0. The Morgan fingerprint density at radius 2 is 2.10 bits per heavy atom. The van der Waals surface area contributed by atoms with E-state index in [1.807, 2.05) is 4.90 Å². The van der Waals surface area contributed by atoms with Crippen LogP contribution < -0.4 is 0 Å². The van der Waals surface area contributed by atoms with Crippen LogP contribution in [-0.4, -0.2) is 69.7 Å². The Balaban J connectivity index is 2.51. The molecule has 1 heterocycles. The van der Waals surface area contributed by atoms with E-state index in [1.54, 1.807) is 13.8 Å². The molecule has 0 N–H and O–H groups in total. The highest BCUT2D eigenvalue weighted by Gasteiger charge is 2.22. The molecular weight excluding hydrogens is 294 g/mol. The Labute approximate surface area is 127 Å². The van der Waals surface area contributed by atoms with Crippen LogP contribution in [0.3, 0.4) is 0 Å². The van der Waals surface area contributed by atoms with Crippen molar-refractivity contribution < 1.29 is 22.7 Å². The number of hydrogen-bond donors (Lipinski definition) is 0. The number of carbonyl (C=O) groups excluding carboxylic acids is 1. The third kappa shape index (κ3) is 6.76. The van der Waals surface area contributed by atoms with Crippen LogP contribution in [0.15, 0.2) is 0 Å². The van der Waals surface area contributed by atoms with E-state index in [9.17, 15) is 13.2 Å². The minimum Gasteiger partial charge on any atom is -0.469 e. The summed E-state index contributed by atoms with van der Waals surface area (Å²) in [6, 6.07) is 0. The largest absolute Gasteiger partial charge is 0.469 e. The summed E-state index contributed by atoms with van der Waals surface area (Å²) in [6.07, 6.45) is 2.44. The predicted octanol–water partition coefficient (Wildman–Crippen LogP) is 0.854. The molecule has 1 unspecified atom stereocenters. The molecule has 1 rings (SSSR count). The molecule has 7 heteroatoms. The molecule has 0 spiro atoms. The minimum atomic E-state index is -3.07. The molecule has 1 aliphatic heterocycles. The quantitative estimate of drug-likeness (QED) is 0.586. The molecule has 21 heavy (non-hydrogen) atoms. The number of sulfone groups is 1. The van der Waals surface area contributed by atoms with Crippen LogP contribution in [0.25, 0.3) is 0 Å². The van der Waals surface area contributed by atoms with E-state index in [0.717, 1.165) is 19.4 Å². The van der Waals surface area contributed by atoms with Crippen molar-refractivity contribution in [2.45, 2.75) is 44.5 Å². The fourth-order valence-corrected chi connectivity index (χ4v) is 3.20. The fourth-order valence-electron chi connectivity index (χ4n) is 2.21. The molecule has 0 amide bonds. The molecule has 124 valence electrons. The first kappa shape index (κ1) is 18.4. The number of hydrogen-bond acceptors (Lipinski definition) is 6. The van der Waals surface area contributed by atoms with Crippen LogP contribution in [0, 0.1) is 0 Å². The van der Waals surface area contributed by atoms with Gasteiger partial charge in [0, 0.05) is 26.2 Å². The van der Waals surface area contributed by atoms with Gasteiger partial charge in [0.15, 0.2) is 9.84 Å². The number of esters is 1. The molecule has 1 saturated heterocycles. The average Bonchev–Trinajstić information content (AvgIpc) is 2.94. The molecule has 0 aromatic rings. The molecule has 1 fully saturated rings. The van der Waals surface area contributed by atoms with Crippen LogP contribution in [0.4, 0.5) is 0 Å². The topological polar surface area (TPSA) is 72.9 Å². The van der Waals surface area contributed by atoms with E-state index in [2.05, 4.69) is 4.74 Å². The zero-order valence-electron chi connectivity index (χ0n) is 13.2. The number of methoxy groups -OCH3 is 1. The van der Waals surface area contributed by atoms with Crippen LogP contribution in [0.5, 0.6) is 0 Å². The van der Waals surface area contributed by atoms with Crippen molar-refractivity contribution in [3.8, 4) is 0 Å². The van der Waals surface area contributed by atoms with Gasteiger partial charge in [-0.2, -0.15) is 0 Å². The standard InChI is InChI=1S/C14H27NO5S/c1-12(2)21(17,18)10-8-15(7-6-14(16)19-3)11-13-5-4-9-20-13/h12-13H,4-11H2,1-3H3. The number of rotatable bonds is 9. The molecule has 0 radical (unpaired) electrons. The van der Waals surface area contributed by atoms with E-state index < -0.39 is 9.84 Å². The predicted molar refractivity (Wildman–Crippen MR) is 81.0 cm³/mol. The highest BCUT2D eigenvalue weighted by Crippen LogP contribution is 2.14. The maximum atomic E-state index is 11.9. The first-order valence-corrected chi connectivity index (χ1v) is 9.19. The second-order valence-electron chi connectivity index (χ2n) is 5.68. The Morgan fingerprint density at radius 3 is 2.62 bits per heavy atom. The minimum absolute atomic E-state index is 0.110. The van der Waals surface area contributed by atoms with E-state index in [1.165, 1.54) is 7.11 Å². The van der Waals surface area contributed by atoms with Gasteiger partial charge in [0.2, 0.25) is 0 Å². The molecule has 0 saturated carbocycles. The number of nitrogens with zero attached hydrogens (tertiary/aromatic N) is 1. The smallest absolute Gasteiger partial charge is 0.306 e. The Kier molecular flexibility index (Phi) is 7.62. The van der Waals surface area contributed by atoms with E-state index >= 15 is 0 Å². The average molecular weight is 321 g/mol. The Hall–Kier alpha value is -0.660. The van der Waals surface area contributed by atoms with Gasteiger partial charge in [-0.15, -0.1) is 0 Å². The van der Waals surface area contributed by atoms with Crippen LogP contribution in [0.2, 0.25) is 0 Å². The summed E-state index contributed by atoms with van der Waals surface area (Å²) in [6.45, 7) is 5.74. The van der Waals surface area contributed by atoms with Crippen LogP contribution in [0.1, 0.15) is 33.1 Å². The van der Waals surface area contributed by atoms with Gasteiger partial charge in [-0.1, -0.05) is 0 Å². The molecule has 1 atom stereocenters. The van der Waals surface area contributed by atoms with Crippen molar-refractivity contribution in [1.29, 1.82) is 0 Å². The van der Waals surface area contributed by atoms with Crippen molar-refractivity contribution in [3.05, 3.63) is 0 Å². The van der Waals surface area contributed by atoms with E-state index in [0.29, 0.717) is 19.6 Å². The van der Waals surface area contributed by atoms with Gasteiger partial charge >= 0.3 is 5.97 Å². The molecular formula is C14H27NO5S. The lowest BCUT2D eigenvalue weighted by Gasteiger charge is -2.25. The van der Waals surface area contributed by atoms with Crippen molar-refractivity contribution in [2.24, 2.45) is 0 Å². The third-order valence-electron chi connectivity index (χ3n) is 3.76. The summed E-state index contributed by atoms with van der Waals surface area (Å²) in [5.74, 6) is -0.169. The number of ether oxygens (including phenoxy) is 2. The van der Waals surface area contributed by atoms with E-state index in [-0.39, 0.29) is 29.5 Å². The first-order chi connectivity index (χ1) is 9.85. The SMILES string of the molecule is COC(=O)CCN(CCS(=O)(=O)C(C)C)CC1CCCO1. The van der Waals surface area contributed by atoms with Crippen LogP contribution in [-0.2, 0) is 24.1 Å². The maximum absolute atomic E-state index is 11.9. The monoisotopic (exact) mass is 321 g/mol. The molecule has 6 nitrogen and oxygen atoms in total. The number of carbonyl (C=O) groups is 1. The van der Waals surface area contributed by atoms with Gasteiger partial charge in [0.25, 0.3) is 0 Å². The second-order valence-corrected chi connectivity index (χ2v) is 8.35. The summed E-state index contributed by atoms with van der Waals surface area (Å²) in [5, 5.41) is -0.373. The summed E-state index contributed by atoms with van der Waals surface area (Å²) < 4.78 is 34.1. The van der Waals surface area contributed by atoms with Gasteiger partial charge in [0.1, 0.15) is 0 Å². The molecule has 0 bridgehead atoms.